The van der Waals surface area contributed by atoms with Crippen molar-refractivity contribution >= 4 is 23.6 Å². The van der Waals surface area contributed by atoms with E-state index in [2.05, 4.69) is 24.3 Å². The molecule has 1 N–H and O–H groups in total. The van der Waals surface area contributed by atoms with Gasteiger partial charge in [0.1, 0.15) is 5.15 Å². The highest BCUT2D eigenvalue weighted by atomic mass is 35.5. The van der Waals surface area contributed by atoms with Crippen molar-refractivity contribution < 1.29 is 4.79 Å². The van der Waals surface area contributed by atoms with Crippen LogP contribution in [0.1, 0.15) is 45.9 Å². The first-order valence-electron chi connectivity index (χ1n) is 6.83. The zero-order valence-electron chi connectivity index (χ0n) is 13.1. The van der Waals surface area contributed by atoms with Gasteiger partial charge >= 0.3 is 0 Å². The van der Waals surface area contributed by atoms with Gasteiger partial charge in [0, 0.05) is 23.7 Å². The Hall–Kier alpha value is -1.29. The lowest BCUT2D eigenvalue weighted by molar-refractivity contribution is -0.117. The van der Waals surface area contributed by atoms with Gasteiger partial charge in [-0.1, -0.05) is 25.4 Å². The topological polar surface area (TPSA) is 46.9 Å². The number of halogens is 1. The molecule has 0 aliphatic heterocycles. The fourth-order valence-corrected chi connectivity index (χ4v) is 2.10. The smallest absolute Gasteiger partial charge is 0.244 e. The second-order valence-electron chi connectivity index (χ2n) is 6.44. The summed E-state index contributed by atoms with van der Waals surface area (Å²) in [4.78, 5) is 11.8. The van der Waals surface area contributed by atoms with Gasteiger partial charge in [0.25, 0.3) is 0 Å². The summed E-state index contributed by atoms with van der Waals surface area (Å²) in [7, 11) is 0. The number of carbonyl (C=O) groups is 1. The van der Waals surface area contributed by atoms with Crippen LogP contribution in [0.2, 0.25) is 5.15 Å². The first kappa shape index (κ1) is 16.8. The van der Waals surface area contributed by atoms with E-state index in [-0.39, 0.29) is 11.4 Å². The van der Waals surface area contributed by atoms with E-state index in [1.165, 1.54) is 6.08 Å². The Bertz CT molecular complexity index is 510. The van der Waals surface area contributed by atoms with Gasteiger partial charge in [0.05, 0.1) is 5.69 Å². The van der Waals surface area contributed by atoms with Crippen LogP contribution in [0.25, 0.3) is 6.08 Å². The van der Waals surface area contributed by atoms with Crippen LogP contribution in [0, 0.1) is 12.8 Å². The molecule has 0 unspecified atom stereocenters. The molecular weight excluding hydrogens is 274 g/mol. The lowest BCUT2D eigenvalue weighted by Gasteiger charge is -2.18. The number of amides is 1. The molecule has 0 aromatic carbocycles. The zero-order valence-corrected chi connectivity index (χ0v) is 13.9. The molecule has 1 aromatic heterocycles. The van der Waals surface area contributed by atoms with E-state index in [4.69, 9.17) is 11.6 Å². The highest BCUT2D eigenvalue weighted by molar-refractivity contribution is 6.31. The summed E-state index contributed by atoms with van der Waals surface area (Å²) in [6.07, 6.45) is 3.23. The quantitative estimate of drug-likeness (QED) is 0.866. The van der Waals surface area contributed by atoms with Crippen molar-refractivity contribution in [2.24, 2.45) is 5.92 Å². The predicted octanol–water partition coefficient (Wildman–Crippen LogP) is 3.43. The lowest BCUT2D eigenvalue weighted by atomic mass is 10.1. The number of aryl methyl sites for hydroxylation is 1. The maximum atomic E-state index is 11.8. The Balaban J connectivity index is 2.87. The van der Waals surface area contributed by atoms with Crippen LogP contribution in [-0.2, 0) is 11.3 Å². The number of nitrogens with one attached hydrogen (secondary N) is 1. The van der Waals surface area contributed by atoms with Crippen molar-refractivity contribution in [1.29, 1.82) is 0 Å². The summed E-state index contributed by atoms with van der Waals surface area (Å²) in [5, 5.41) is 7.86. The number of hydrogen-bond donors (Lipinski definition) is 1. The number of nitrogens with zero attached hydrogens (tertiary/aromatic N) is 2. The van der Waals surface area contributed by atoms with Crippen LogP contribution in [0.15, 0.2) is 6.08 Å². The second-order valence-corrected chi connectivity index (χ2v) is 6.80. The molecule has 0 bridgehead atoms. The van der Waals surface area contributed by atoms with Crippen molar-refractivity contribution in [2.45, 2.75) is 53.6 Å². The van der Waals surface area contributed by atoms with E-state index >= 15 is 0 Å². The maximum absolute atomic E-state index is 11.8. The number of rotatable bonds is 4. The zero-order chi connectivity index (χ0) is 15.5. The summed E-state index contributed by atoms with van der Waals surface area (Å²) in [5.41, 5.74) is 1.38. The summed E-state index contributed by atoms with van der Waals surface area (Å²) in [6.45, 7) is 12.7. The Morgan fingerprint density at radius 2 is 2.05 bits per heavy atom. The van der Waals surface area contributed by atoms with E-state index in [0.717, 1.165) is 17.8 Å². The van der Waals surface area contributed by atoms with Gasteiger partial charge in [0.15, 0.2) is 0 Å². The van der Waals surface area contributed by atoms with E-state index in [1.807, 2.05) is 27.7 Å². The summed E-state index contributed by atoms with van der Waals surface area (Å²) in [6, 6.07) is 0. The molecule has 0 saturated heterocycles. The Labute approximate surface area is 126 Å². The molecule has 1 heterocycles. The van der Waals surface area contributed by atoms with Crippen molar-refractivity contribution in [2.75, 3.05) is 0 Å². The SMILES string of the molecule is Cc1nn(CC(C)C)c(Cl)c1/C=C/C(=O)NC(C)(C)C. The lowest BCUT2D eigenvalue weighted by Crippen LogP contribution is -2.39. The third-order valence-electron chi connectivity index (χ3n) is 2.55. The molecule has 1 rings (SSSR count). The van der Waals surface area contributed by atoms with Crippen LogP contribution < -0.4 is 5.32 Å². The average molecular weight is 298 g/mol. The van der Waals surface area contributed by atoms with Crippen LogP contribution in [-0.4, -0.2) is 21.2 Å². The molecule has 4 nitrogen and oxygen atoms in total. The van der Waals surface area contributed by atoms with E-state index in [0.29, 0.717) is 11.1 Å². The molecule has 0 spiro atoms. The number of hydrogen-bond acceptors (Lipinski definition) is 2. The maximum Gasteiger partial charge on any atom is 0.244 e. The minimum Gasteiger partial charge on any atom is -0.348 e. The molecule has 0 atom stereocenters. The van der Waals surface area contributed by atoms with Crippen molar-refractivity contribution in [3.8, 4) is 0 Å². The van der Waals surface area contributed by atoms with Gasteiger partial charge < -0.3 is 5.32 Å². The van der Waals surface area contributed by atoms with Crippen LogP contribution in [0.4, 0.5) is 0 Å². The fraction of sp³-hybridized carbons (Fsp3) is 0.600. The molecule has 1 aromatic rings. The van der Waals surface area contributed by atoms with Gasteiger partial charge in [-0.2, -0.15) is 5.10 Å². The molecule has 5 heteroatoms. The fourth-order valence-electron chi connectivity index (χ4n) is 1.79. The molecule has 0 aliphatic carbocycles. The van der Waals surface area contributed by atoms with Crippen LogP contribution in [0.5, 0.6) is 0 Å². The van der Waals surface area contributed by atoms with Crippen molar-refractivity contribution in [3.05, 3.63) is 22.5 Å². The Morgan fingerprint density at radius 3 is 2.55 bits per heavy atom. The summed E-state index contributed by atoms with van der Waals surface area (Å²) >= 11 is 6.31. The number of aromatic nitrogens is 2. The van der Waals surface area contributed by atoms with Crippen LogP contribution >= 0.6 is 11.6 Å². The highest BCUT2D eigenvalue weighted by Crippen LogP contribution is 2.22. The van der Waals surface area contributed by atoms with E-state index < -0.39 is 0 Å². The second kappa shape index (κ2) is 6.44. The van der Waals surface area contributed by atoms with Crippen molar-refractivity contribution in [1.82, 2.24) is 15.1 Å². The minimum atomic E-state index is -0.248. The number of carbonyl (C=O) groups excluding carboxylic acids is 1. The van der Waals surface area contributed by atoms with Crippen LogP contribution in [0.3, 0.4) is 0 Å². The predicted molar refractivity (Wildman–Crippen MR) is 83.7 cm³/mol. The summed E-state index contributed by atoms with van der Waals surface area (Å²) < 4.78 is 1.78. The molecule has 1 amide bonds. The summed E-state index contributed by atoms with van der Waals surface area (Å²) in [5.74, 6) is 0.331. The van der Waals surface area contributed by atoms with E-state index in [1.54, 1.807) is 10.8 Å². The third-order valence-corrected chi connectivity index (χ3v) is 2.95. The van der Waals surface area contributed by atoms with Gasteiger partial charge in [-0.05, 0) is 39.7 Å². The van der Waals surface area contributed by atoms with Gasteiger partial charge in [-0.25, -0.2) is 0 Å². The molecule has 112 valence electrons. The first-order chi connectivity index (χ1) is 9.10. The van der Waals surface area contributed by atoms with E-state index in [9.17, 15) is 4.79 Å². The normalized spacial score (nSPS) is 12.4. The third kappa shape index (κ3) is 5.00. The molecule has 20 heavy (non-hydrogen) atoms. The standard InChI is InChI=1S/C15H24ClN3O/c1-10(2)9-19-14(16)12(11(3)18-19)7-8-13(20)17-15(4,5)6/h7-8,10H,9H2,1-6H3,(H,17,20)/b8-7+. The monoisotopic (exact) mass is 297 g/mol. The van der Waals surface area contributed by atoms with Gasteiger partial charge in [-0.15, -0.1) is 0 Å². The van der Waals surface area contributed by atoms with Crippen molar-refractivity contribution in [3.63, 3.8) is 0 Å². The molecule has 0 fully saturated rings. The Kier molecular flexibility index (Phi) is 5.40. The molecule has 0 aliphatic rings. The largest absolute Gasteiger partial charge is 0.348 e. The minimum absolute atomic E-state index is 0.135. The molecular formula is C15H24ClN3O. The Morgan fingerprint density at radius 1 is 1.45 bits per heavy atom. The van der Waals surface area contributed by atoms with Gasteiger partial charge in [0.2, 0.25) is 5.91 Å². The molecule has 0 saturated carbocycles. The molecule has 0 radical (unpaired) electrons. The highest BCUT2D eigenvalue weighted by Gasteiger charge is 2.14. The average Bonchev–Trinajstić information content (AvgIpc) is 2.48. The van der Waals surface area contributed by atoms with Gasteiger partial charge in [-0.3, -0.25) is 9.48 Å². The first-order valence-corrected chi connectivity index (χ1v) is 7.21.